The molecule has 1 N–H and O–H groups in total. The van der Waals surface area contributed by atoms with Crippen molar-refractivity contribution in [3.63, 3.8) is 0 Å². The van der Waals surface area contributed by atoms with Crippen LogP contribution in [0.3, 0.4) is 0 Å². The summed E-state index contributed by atoms with van der Waals surface area (Å²) in [5, 5.41) is 8.66. The van der Waals surface area contributed by atoms with Gasteiger partial charge in [0.25, 0.3) is 0 Å². The summed E-state index contributed by atoms with van der Waals surface area (Å²) >= 11 is 0. The number of carboxylic acids is 1. The van der Waals surface area contributed by atoms with Crippen LogP contribution in [0, 0.1) is 5.92 Å². The lowest BCUT2D eigenvalue weighted by atomic mass is 9.62. The SMILES string of the molecule is CC1(C)CCC(C)(C)c2cc(C3(C)CC3/C=C/C=C/C(=O)O)ccc21. The Balaban J connectivity index is 1.87. The van der Waals surface area contributed by atoms with E-state index in [1.165, 1.54) is 35.6 Å². The standard InChI is InChI=1S/C23H30O2/c1-21(2)12-13-22(3,4)19-14-16(10-11-18(19)21)23(5)15-17(23)8-6-7-9-20(24)25/h6-11,14,17H,12-13,15H2,1-5H3,(H,24,25)/b8-6+,9-7+. The van der Waals surface area contributed by atoms with Gasteiger partial charge in [-0.1, -0.05) is 71.0 Å². The molecular weight excluding hydrogens is 308 g/mol. The minimum atomic E-state index is -0.900. The van der Waals surface area contributed by atoms with Crippen LogP contribution in [0.2, 0.25) is 0 Å². The van der Waals surface area contributed by atoms with E-state index in [9.17, 15) is 4.79 Å². The van der Waals surface area contributed by atoms with E-state index in [0.717, 1.165) is 6.42 Å². The quantitative estimate of drug-likeness (QED) is 0.580. The van der Waals surface area contributed by atoms with E-state index in [4.69, 9.17) is 5.11 Å². The van der Waals surface area contributed by atoms with Crippen LogP contribution in [-0.4, -0.2) is 11.1 Å². The monoisotopic (exact) mass is 338 g/mol. The zero-order valence-electron chi connectivity index (χ0n) is 16.1. The maximum Gasteiger partial charge on any atom is 0.328 e. The van der Waals surface area contributed by atoms with Crippen molar-refractivity contribution in [2.24, 2.45) is 5.92 Å². The number of carbonyl (C=O) groups is 1. The van der Waals surface area contributed by atoms with E-state index >= 15 is 0 Å². The average Bonchev–Trinajstić information content (AvgIpc) is 3.20. The van der Waals surface area contributed by atoms with Gasteiger partial charge >= 0.3 is 5.97 Å². The first-order valence-electron chi connectivity index (χ1n) is 9.30. The van der Waals surface area contributed by atoms with Crippen LogP contribution in [0.1, 0.15) is 70.6 Å². The largest absolute Gasteiger partial charge is 0.478 e. The number of fused-ring (bicyclic) bond motifs is 1. The van der Waals surface area contributed by atoms with Gasteiger partial charge in [-0.05, 0) is 58.1 Å². The second kappa shape index (κ2) is 5.86. The Labute approximate surface area is 151 Å². The smallest absolute Gasteiger partial charge is 0.328 e. The molecule has 0 aromatic heterocycles. The molecule has 0 saturated heterocycles. The number of aliphatic carboxylic acids is 1. The molecule has 3 rings (SSSR count). The summed E-state index contributed by atoms with van der Waals surface area (Å²) in [5.41, 5.74) is 5.13. The lowest BCUT2D eigenvalue weighted by Gasteiger charge is -2.42. The van der Waals surface area contributed by atoms with Crippen LogP contribution in [0.15, 0.2) is 42.5 Å². The fourth-order valence-corrected chi connectivity index (χ4v) is 4.29. The second-order valence-electron chi connectivity index (χ2n) is 9.34. The van der Waals surface area contributed by atoms with Gasteiger partial charge in [0.05, 0.1) is 0 Å². The Kier molecular flexibility index (Phi) is 4.21. The van der Waals surface area contributed by atoms with Gasteiger partial charge in [-0.25, -0.2) is 4.79 Å². The number of benzene rings is 1. The van der Waals surface area contributed by atoms with Crippen LogP contribution < -0.4 is 0 Å². The van der Waals surface area contributed by atoms with Gasteiger partial charge in [0.1, 0.15) is 0 Å². The van der Waals surface area contributed by atoms with E-state index in [0.29, 0.717) is 5.92 Å². The molecular formula is C23H30O2. The van der Waals surface area contributed by atoms with Crippen LogP contribution >= 0.6 is 0 Å². The molecule has 2 nitrogen and oxygen atoms in total. The van der Waals surface area contributed by atoms with Gasteiger partial charge in [0, 0.05) is 6.08 Å². The van der Waals surface area contributed by atoms with Crippen molar-refractivity contribution in [3.05, 3.63) is 59.2 Å². The molecule has 2 unspecified atom stereocenters. The van der Waals surface area contributed by atoms with Crippen molar-refractivity contribution < 1.29 is 9.90 Å². The van der Waals surface area contributed by atoms with Gasteiger partial charge in [0.2, 0.25) is 0 Å². The second-order valence-corrected chi connectivity index (χ2v) is 9.34. The highest BCUT2D eigenvalue weighted by molar-refractivity contribution is 5.80. The molecule has 25 heavy (non-hydrogen) atoms. The molecule has 134 valence electrons. The molecule has 0 bridgehead atoms. The summed E-state index contributed by atoms with van der Waals surface area (Å²) in [6.45, 7) is 11.8. The minimum absolute atomic E-state index is 0.181. The van der Waals surface area contributed by atoms with Crippen LogP contribution in [-0.2, 0) is 21.0 Å². The predicted molar refractivity (Wildman–Crippen MR) is 103 cm³/mol. The van der Waals surface area contributed by atoms with Crippen molar-refractivity contribution >= 4 is 5.97 Å². The van der Waals surface area contributed by atoms with Crippen LogP contribution in [0.25, 0.3) is 0 Å². The highest BCUT2D eigenvalue weighted by Crippen LogP contribution is 2.56. The molecule has 0 aliphatic heterocycles. The normalized spacial score (nSPS) is 29.7. The van der Waals surface area contributed by atoms with E-state index in [1.54, 1.807) is 6.08 Å². The maximum absolute atomic E-state index is 10.5. The highest BCUT2D eigenvalue weighted by Gasteiger charge is 2.50. The summed E-state index contributed by atoms with van der Waals surface area (Å²) in [6, 6.07) is 7.14. The molecule has 1 aromatic carbocycles. The lowest BCUT2D eigenvalue weighted by molar-refractivity contribution is -0.131. The van der Waals surface area contributed by atoms with Gasteiger partial charge < -0.3 is 5.11 Å². The summed E-state index contributed by atoms with van der Waals surface area (Å²) < 4.78 is 0. The molecule has 1 saturated carbocycles. The fourth-order valence-electron chi connectivity index (χ4n) is 4.29. The Morgan fingerprint density at radius 2 is 1.68 bits per heavy atom. The molecule has 0 heterocycles. The van der Waals surface area contributed by atoms with Crippen LogP contribution in [0.4, 0.5) is 0 Å². The van der Waals surface area contributed by atoms with Gasteiger partial charge in [-0.15, -0.1) is 0 Å². The fraction of sp³-hybridized carbons (Fsp3) is 0.522. The van der Waals surface area contributed by atoms with Crippen molar-refractivity contribution in [2.75, 3.05) is 0 Å². The van der Waals surface area contributed by atoms with Gasteiger partial charge in [-0.2, -0.15) is 0 Å². The van der Waals surface area contributed by atoms with E-state index < -0.39 is 5.97 Å². The number of hydrogen-bond donors (Lipinski definition) is 1. The molecule has 2 aliphatic rings. The van der Waals surface area contributed by atoms with E-state index in [-0.39, 0.29) is 16.2 Å². The summed E-state index contributed by atoms with van der Waals surface area (Å²) in [5.74, 6) is -0.411. The zero-order chi connectivity index (χ0) is 18.5. The van der Waals surface area contributed by atoms with Crippen molar-refractivity contribution in [2.45, 2.75) is 70.1 Å². The molecule has 1 fully saturated rings. The third-order valence-electron chi connectivity index (χ3n) is 6.51. The summed E-state index contributed by atoms with van der Waals surface area (Å²) in [7, 11) is 0. The number of carboxylic acid groups (broad SMARTS) is 1. The number of allylic oxidation sites excluding steroid dienone is 3. The van der Waals surface area contributed by atoms with Crippen molar-refractivity contribution in [3.8, 4) is 0 Å². The predicted octanol–water partition coefficient (Wildman–Crippen LogP) is 5.51. The summed E-state index contributed by atoms with van der Waals surface area (Å²) in [4.78, 5) is 10.5. The minimum Gasteiger partial charge on any atom is -0.478 e. The highest BCUT2D eigenvalue weighted by atomic mass is 16.4. The van der Waals surface area contributed by atoms with Gasteiger partial charge in [-0.3, -0.25) is 0 Å². The number of hydrogen-bond acceptors (Lipinski definition) is 1. The Morgan fingerprint density at radius 3 is 2.32 bits per heavy atom. The molecule has 0 spiro atoms. The van der Waals surface area contributed by atoms with Crippen LogP contribution in [0.5, 0.6) is 0 Å². The third-order valence-corrected chi connectivity index (χ3v) is 6.51. The Morgan fingerprint density at radius 1 is 1.04 bits per heavy atom. The van der Waals surface area contributed by atoms with Crippen molar-refractivity contribution in [1.29, 1.82) is 0 Å². The lowest BCUT2D eigenvalue weighted by Crippen LogP contribution is -2.34. The molecule has 1 aromatic rings. The first kappa shape index (κ1) is 18.0. The molecule has 0 radical (unpaired) electrons. The topological polar surface area (TPSA) is 37.3 Å². The molecule has 2 atom stereocenters. The number of rotatable bonds is 4. The molecule has 2 heteroatoms. The first-order valence-corrected chi connectivity index (χ1v) is 9.30. The Bertz CT molecular complexity index is 751. The van der Waals surface area contributed by atoms with Crippen molar-refractivity contribution in [1.82, 2.24) is 0 Å². The Hall–Kier alpha value is -1.83. The molecule has 0 amide bonds. The maximum atomic E-state index is 10.5. The zero-order valence-corrected chi connectivity index (χ0v) is 16.1. The van der Waals surface area contributed by atoms with E-state index in [1.807, 2.05) is 6.08 Å². The van der Waals surface area contributed by atoms with E-state index in [2.05, 4.69) is 58.9 Å². The van der Waals surface area contributed by atoms with Gasteiger partial charge in [0.15, 0.2) is 0 Å². The summed E-state index contributed by atoms with van der Waals surface area (Å²) in [6.07, 6.45) is 10.4. The molecule has 2 aliphatic carbocycles. The average molecular weight is 338 g/mol. The third kappa shape index (κ3) is 3.31. The first-order chi connectivity index (χ1) is 11.6.